The molecule has 0 radical (unpaired) electrons. The van der Waals surface area contributed by atoms with Gasteiger partial charge in [-0.1, -0.05) is 60.7 Å². The number of nitrogens with two attached hydrogens (primary N) is 2. The summed E-state index contributed by atoms with van der Waals surface area (Å²) in [5.74, 6) is 0. The zero-order chi connectivity index (χ0) is 15.8. The van der Waals surface area contributed by atoms with Crippen LogP contribution in [0, 0.1) is 0 Å². The molecule has 2 atom stereocenters. The third-order valence-electron chi connectivity index (χ3n) is 3.05. The topological polar surface area (TPSA) is 87.6 Å². The average Bonchev–Trinajstić information content (AvgIpc) is 2.48. The minimum absolute atomic E-state index is 0.467. The molecule has 2 aromatic rings. The van der Waals surface area contributed by atoms with Crippen molar-refractivity contribution in [2.45, 2.75) is 25.3 Å². The van der Waals surface area contributed by atoms with Gasteiger partial charge in [0, 0.05) is 12.8 Å². The van der Waals surface area contributed by atoms with Gasteiger partial charge < -0.3 is 11.5 Å². The van der Waals surface area contributed by atoms with Crippen LogP contribution in [0.2, 0.25) is 0 Å². The van der Waals surface area contributed by atoms with Crippen LogP contribution in [0.4, 0.5) is 0 Å². The maximum Gasteiger partial charge on any atom is 0.322 e. The summed E-state index contributed by atoms with van der Waals surface area (Å²) in [6.07, 6.45) is -0.432. The van der Waals surface area contributed by atoms with Crippen LogP contribution in [0.5, 0.6) is 0 Å². The highest BCUT2D eigenvalue weighted by atomic mass is 31.1. The van der Waals surface area contributed by atoms with Crippen molar-refractivity contribution in [3.05, 3.63) is 71.8 Å². The first-order chi connectivity index (χ1) is 10.6. The molecule has 0 saturated heterocycles. The summed E-state index contributed by atoms with van der Waals surface area (Å²) >= 11 is 0. The third-order valence-corrected chi connectivity index (χ3v) is 4.05. The lowest BCUT2D eigenvalue weighted by Gasteiger charge is -2.16. The number of hydrogen-bond acceptors (Lipinski definition) is 5. The van der Waals surface area contributed by atoms with Gasteiger partial charge in [-0.25, -0.2) is 0 Å². The Morgan fingerprint density at radius 3 is 1.50 bits per heavy atom. The lowest BCUT2D eigenvalue weighted by atomic mass is 10.1. The van der Waals surface area contributed by atoms with E-state index in [4.69, 9.17) is 20.5 Å². The van der Waals surface area contributed by atoms with Crippen molar-refractivity contribution in [1.82, 2.24) is 0 Å². The van der Waals surface area contributed by atoms with Gasteiger partial charge >= 0.3 is 8.25 Å². The smallest absolute Gasteiger partial charge is 0.305 e. The van der Waals surface area contributed by atoms with Gasteiger partial charge in [-0.3, -0.25) is 13.6 Å². The van der Waals surface area contributed by atoms with Crippen LogP contribution >= 0.6 is 8.25 Å². The van der Waals surface area contributed by atoms with Crippen LogP contribution < -0.4 is 11.5 Å². The van der Waals surface area contributed by atoms with Crippen molar-refractivity contribution in [2.24, 2.45) is 11.5 Å². The standard InChI is InChI=1S/C16H21N2O3P/c17-15(11-13-7-3-1-4-8-13)20-22(19)21-16(18)12-14-9-5-2-6-10-14/h1-10,15-16,22H,11-12,17-18H2. The zero-order valence-corrected chi connectivity index (χ0v) is 13.2. The van der Waals surface area contributed by atoms with Crippen molar-refractivity contribution in [1.29, 1.82) is 0 Å². The highest BCUT2D eigenvalue weighted by Gasteiger charge is 2.13. The van der Waals surface area contributed by atoms with E-state index in [9.17, 15) is 4.57 Å². The zero-order valence-electron chi connectivity index (χ0n) is 12.2. The maximum atomic E-state index is 11.8. The maximum absolute atomic E-state index is 11.8. The second-order valence-corrected chi connectivity index (χ2v) is 5.91. The largest absolute Gasteiger partial charge is 0.322 e. The molecule has 0 aliphatic heterocycles. The molecule has 118 valence electrons. The average molecular weight is 320 g/mol. The molecule has 2 aromatic carbocycles. The Hall–Kier alpha value is -1.49. The number of hydrogen-bond donors (Lipinski definition) is 2. The first kappa shape index (κ1) is 16.9. The molecule has 0 spiro atoms. The van der Waals surface area contributed by atoms with Gasteiger partial charge in [0.1, 0.15) is 12.5 Å². The normalized spacial score (nSPS) is 15.2. The second kappa shape index (κ2) is 8.83. The van der Waals surface area contributed by atoms with Crippen LogP contribution in [0.3, 0.4) is 0 Å². The van der Waals surface area contributed by atoms with Crippen LogP contribution in [0.25, 0.3) is 0 Å². The molecule has 0 bridgehead atoms. The van der Waals surface area contributed by atoms with Gasteiger partial charge in [-0.2, -0.15) is 0 Å². The van der Waals surface area contributed by atoms with E-state index in [-0.39, 0.29) is 0 Å². The van der Waals surface area contributed by atoms with Crippen molar-refractivity contribution in [2.75, 3.05) is 0 Å². The molecule has 2 unspecified atom stereocenters. The Kier molecular flexibility index (Phi) is 6.77. The lowest BCUT2D eigenvalue weighted by Crippen LogP contribution is -2.27. The molecule has 2 rings (SSSR count). The SMILES string of the molecule is NC(Cc1ccccc1)O[PH](=O)OC(N)Cc1ccccc1. The van der Waals surface area contributed by atoms with E-state index in [0.717, 1.165) is 11.1 Å². The molecule has 4 N–H and O–H groups in total. The van der Waals surface area contributed by atoms with E-state index in [2.05, 4.69) is 0 Å². The van der Waals surface area contributed by atoms with Crippen LogP contribution in [-0.2, 0) is 26.5 Å². The van der Waals surface area contributed by atoms with E-state index in [1.165, 1.54) is 0 Å². The Bertz CT molecular complexity index is 529. The Morgan fingerprint density at radius 1 is 0.773 bits per heavy atom. The van der Waals surface area contributed by atoms with Gasteiger partial charge in [0.05, 0.1) is 0 Å². The highest BCUT2D eigenvalue weighted by molar-refractivity contribution is 7.33. The molecule has 6 heteroatoms. The third kappa shape index (κ3) is 6.10. The number of rotatable bonds is 8. The van der Waals surface area contributed by atoms with E-state index >= 15 is 0 Å². The summed E-state index contributed by atoms with van der Waals surface area (Å²) in [7, 11) is -2.73. The van der Waals surface area contributed by atoms with Crippen molar-refractivity contribution >= 4 is 8.25 Å². The van der Waals surface area contributed by atoms with E-state index in [1.54, 1.807) is 0 Å². The summed E-state index contributed by atoms with van der Waals surface area (Å²) in [5, 5.41) is 0. The molecule has 0 aliphatic rings. The fourth-order valence-electron chi connectivity index (χ4n) is 2.05. The first-order valence-electron chi connectivity index (χ1n) is 7.10. The predicted molar refractivity (Wildman–Crippen MR) is 87.4 cm³/mol. The van der Waals surface area contributed by atoms with Gasteiger partial charge in [0.2, 0.25) is 0 Å². The monoisotopic (exact) mass is 320 g/mol. The van der Waals surface area contributed by atoms with Gasteiger partial charge in [0.15, 0.2) is 0 Å². The summed E-state index contributed by atoms with van der Waals surface area (Å²) in [4.78, 5) is 0. The summed E-state index contributed by atoms with van der Waals surface area (Å²) in [5.41, 5.74) is 13.7. The summed E-state index contributed by atoms with van der Waals surface area (Å²) in [6, 6.07) is 19.2. The Labute approximate surface area is 131 Å². The summed E-state index contributed by atoms with van der Waals surface area (Å²) < 4.78 is 22.2. The Balaban J connectivity index is 1.75. The fourth-order valence-corrected chi connectivity index (χ4v) is 2.77. The van der Waals surface area contributed by atoms with Gasteiger partial charge in [-0.05, 0) is 11.1 Å². The van der Waals surface area contributed by atoms with Crippen LogP contribution in [0.15, 0.2) is 60.7 Å². The molecule has 0 saturated carbocycles. The molecule has 0 fully saturated rings. The second-order valence-electron chi connectivity index (χ2n) is 4.94. The van der Waals surface area contributed by atoms with Crippen molar-refractivity contribution < 1.29 is 13.6 Å². The Morgan fingerprint density at radius 2 is 1.14 bits per heavy atom. The van der Waals surface area contributed by atoms with Crippen molar-refractivity contribution in [3.63, 3.8) is 0 Å². The fraction of sp³-hybridized carbons (Fsp3) is 0.250. The summed E-state index contributed by atoms with van der Waals surface area (Å²) in [6.45, 7) is 0. The number of benzene rings is 2. The molecule has 22 heavy (non-hydrogen) atoms. The van der Waals surface area contributed by atoms with E-state index in [1.807, 2.05) is 60.7 Å². The van der Waals surface area contributed by atoms with Crippen LogP contribution in [-0.4, -0.2) is 12.5 Å². The highest BCUT2D eigenvalue weighted by Crippen LogP contribution is 2.27. The van der Waals surface area contributed by atoms with Gasteiger partial charge in [0.25, 0.3) is 0 Å². The molecule has 0 aromatic heterocycles. The molecule has 5 nitrogen and oxygen atoms in total. The lowest BCUT2D eigenvalue weighted by molar-refractivity contribution is 0.134. The van der Waals surface area contributed by atoms with Crippen molar-refractivity contribution in [3.8, 4) is 0 Å². The minimum atomic E-state index is -2.73. The van der Waals surface area contributed by atoms with E-state index in [0.29, 0.717) is 12.8 Å². The predicted octanol–water partition coefficient (Wildman–Crippen LogP) is 2.46. The molecule has 0 amide bonds. The van der Waals surface area contributed by atoms with E-state index < -0.39 is 20.7 Å². The first-order valence-corrected chi connectivity index (χ1v) is 8.32. The molecule has 0 heterocycles. The van der Waals surface area contributed by atoms with Crippen LogP contribution in [0.1, 0.15) is 11.1 Å². The quantitative estimate of drug-likeness (QED) is 0.576. The van der Waals surface area contributed by atoms with Gasteiger partial charge in [-0.15, -0.1) is 0 Å². The molecular formula is C16H21N2O3P. The minimum Gasteiger partial charge on any atom is -0.305 e. The molecule has 0 aliphatic carbocycles. The molecular weight excluding hydrogens is 299 g/mol.